The van der Waals surface area contributed by atoms with E-state index in [0.717, 1.165) is 16.6 Å². The third kappa shape index (κ3) is 1.50. The van der Waals surface area contributed by atoms with Crippen LogP contribution in [0.4, 0.5) is 5.69 Å². The highest BCUT2D eigenvalue weighted by Crippen LogP contribution is 2.16. The number of hydrogen-bond donors (Lipinski definition) is 2. The number of H-pyrrole nitrogens is 1. The third-order valence-corrected chi connectivity index (χ3v) is 1.89. The molecule has 0 radical (unpaired) electrons. The predicted molar refractivity (Wildman–Crippen MR) is 54.9 cm³/mol. The second-order valence-electron chi connectivity index (χ2n) is 2.87. The molecule has 0 aliphatic heterocycles. The van der Waals surface area contributed by atoms with E-state index >= 15 is 0 Å². The van der Waals surface area contributed by atoms with Gasteiger partial charge in [0.2, 0.25) is 5.91 Å². The molecule has 1 heterocycles. The molecule has 0 saturated heterocycles. The monoisotopic (exact) mass is 187 g/mol. The lowest BCUT2D eigenvalue weighted by molar-refractivity contribution is -0.111. The Morgan fingerprint density at radius 2 is 2.43 bits per heavy atom. The topological polar surface area (TPSA) is 57.8 Å². The Morgan fingerprint density at radius 3 is 3.21 bits per heavy atom. The summed E-state index contributed by atoms with van der Waals surface area (Å²) < 4.78 is 0. The van der Waals surface area contributed by atoms with Crippen molar-refractivity contribution in [1.29, 1.82) is 0 Å². The fourth-order valence-corrected chi connectivity index (χ4v) is 1.21. The smallest absolute Gasteiger partial charge is 0.247 e. The lowest BCUT2D eigenvalue weighted by Crippen LogP contribution is -2.06. The molecule has 0 unspecified atom stereocenters. The van der Waals surface area contributed by atoms with Crippen LogP contribution in [0, 0.1) is 0 Å². The molecule has 0 fully saturated rings. The SMILES string of the molecule is C=CC(=O)Nc1ccc2[nH]ncc2c1. The van der Waals surface area contributed by atoms with Crippen molar-refractivity contribution in [3.8, 4) is 0 Å². The summed E-state index contributed by atoms with van der Waals surface area (Å²) in [6.07, 6.45) is 2.94. The van der Waals surface area contributed by atoms with E-state index in [1.165, 1.54) is 6.08 Å². The van der Waals surface area contributed by atoms with Crippen molar-refractivity contribution in [3.63, 3.8) is 0 Å². The fraction of sp³-hybridized carbons (Fsp3) is 0. The van der Waals surface area contributed by atoms with Gasteiger partial charge in [-0.1, -0.05) is 6.58 Å². The van der Waals surface area contributed by atoms with E-state index in [4.69, 9.17) is 0 Å². The van der Waals surface area contributed by atoms with Gasteiger partial charge in [-0.25, -0.2) is 0 Å². The zero-order valence-electron chi connectivity index (χ0n) is 7.45. The number of anilines is 1. The lowest BCUT2D eigenvalue weighted by Gasteiger charge is -2.00. The number of aromatic amines is 1. The average molecular weight is 187 g/mol. The van der Waals surface area contributed by atoms with Crippen molar-refractivity contribution in [3.05, 3.63) is 37.1 Å². The normalized spacial score (nSPS) is 10.0. The Labute approximate surface area is 80.6 Å². The molecule has 1 aromatic heterocycles. The first kappa shape index (κ1) is 8.50. The molecule has 0 aliphatic rings. The van der Waals surface area contributed by atoms with Crippen LogP contribution < -0.4 is 5.32 Å². The number of nitrogens with one attached hydrogen (secondary N) is 2. The second-order valence-corrected chi connectivity index (χ2v) is 2.87. The standard InChI is InChI=1S/C10H9N3O/c1-2-10(14)12-8-3-4-9-7(5-8)6-11-13-9/h2-6H,1H2,(H,11,13)(H,12,14). The summed E-state index contributed by atoms with van der Waals surface area (Å²) in [5.41, 5.74) is 1.69. The predicted octanol–water partition coefficient (Wildman–Crippen LogP) is 1.69. The van der Waals surface area contributed by atoms with Crippen molar-refractivity contribution in [2.24, 2.45) is 0 Å². The zero-order valence-corrected chi connectivity index (χ0v) is 7.45. The largest absolute Gasteiger partial charge is 0.323 e. The Bertz CT molecular complexity index is 487. The van der Waals surface area contributed by atoms with Gasteiger partial charge in [0.1, 0.15) is 0 Å². The third-order valence-electron chi connectivity index (χ3n) is 1.89. The highest BCUT2D eigenvalue weighted by atomic mass is 16.1. The van der Waals surface area contributed by atoms with Crippen LogP contribution in [-0.4, -0.2) is 16.1 Å². The minimum atomic E-state index is -0.215. The van der Waals surface area contributed by atoms with Gasteiger partial charge >= 0.3 is 0 Å². The van der Waals surface area contributed by atoms with E-state index in [1.54, 1.807) is 6.20 Å². The molecule has 0 bridgehead atoms. The number of rotatable bonds is 2. The second kappa shape index (κ2) is 3.33. The maximum absolute atomic E-state index is 11.0. The molecule has 0 saturated carbocycles. The Balaban J connectivity index is 2.34. The fourth-order valence-electron chi connectivity index (χ4n) is 1.21. The summed E-state index contributed by atoms with van der Waals surface area (Å²) in [5.74, 6) is -0.215. The zero-order chi connectivity index (χ0) is 9.97. The Hall–Kier alpha value is -2.10. The number of aromatic nitrogens is 2. The Morgan fingerprint density at radius 1 is 1.57 bits per heavy atom. The van der Waals surface area contributed by atoms with Crippen LogP contribution in [0.3, 0.4) is 0 Å². The first-order valence-corrected chi connectivity index (χ1v) is 4.16. The van der Waals surface area contributed by atoms with Crippen molar-refractivity contribution in [2.45, 2.75) is 0 Å². The summed E-state index contributed by atoms with van der Waals surface area (Å²) in [4.78, 5) is 11.0. The quantitative estimate of drug-likeness (QED) is 0.703. The average Bonchev–Trinajstić information content (AvgIpc) is 2.64. The number of hydrogen-bond acceptors (Lipinski definition) is 2. The minimum absolute atomic E-state index is 0.215. The van der Waals surface area contributed by atoms with Gasteiger partial charge in [0, 0.05) is 11.1 Å². The summed E-state index contributed by atoms with van der Waals surface area (Å²) >= 11 is 0. The first-order valence-electron chi connectivity index (χ1n) is 4.16. The maximum Gasteiger partial charge on any atom is 0.247 e. The summed E-state index contributed by atoms with van der Waals surface area (Å²) in [5, 5.41) is 10.4. The first-order chi connectivity index (χ1) is 6.79. The molecular formula is C10H9N3O. The van der Waals surface area contributed by atoms with Crippen molar-refractivity contribution in [2.75, 3.05) is 5.32 Å². The number of benzene rings is 1. The van der Waals surface area contributed by atoms with Crippen LogP contribution in [0.5, 0.6) is 0 Å². The van der Waals surface area contributed by atoms with Crippen LogP contribution in [0.2, 0.25) is 0 Å². The molecule has 4 nitrogen and oxygen atoms in total. The number of carbonyl (C=O) groups excluding carboxylic acids is 1. The van der Waals surface area contributed by atoms with Gasteiger partial charge in [-0.15, -0.1) is 0 Å². The lowest BCUT2D eigenvalue weighted by atomic mass is 10.2. The van der Waals surface area contributed by atoms with Gasteiger partial charge < -0.3 is 5.32 Å². The van der Waals surface area contributed by atoms with E-state index in [0.29, 0.717) is 0 Å². The molecule has 1 aromatic carbocycles. The molecule has 0 aliphatic carbocycles. The molecular weight excluding hydrogens is 178 g/mol. The molecule has 4 heteroatoms. The van der Waals surface area contributed by atoms with Gasteiger partial charge in [0.15, 0.2) is 0 Å². The van der Waals surface area contributed by atoms with E-state index < -0.39 is 0 Å². The van der Waals surface area contributed by atoms with Crippen LogP contribution >= 0.6 is 0 Å². The van der Waals surface area contributed by atoms with Gasteiger partial charge in [-0.2, -0.15) is 5.10 Å². The van der Waals surface area contributed by atoms with E-state index in [-0.39, 0.29) is 5.91 Å². The number of nitrogens with zero attached hydrogens (tertiary/aromatic N) is 1. The molecule has 0 atom stereocenters. The van der Waals surface area contributed by atoms with Crippen molar-refractivity contribution in [1.82, 2.24) is 10.2 Å². The van der Waals surface area contributed by atoms with Gasteiger partial charge in [-0.05, 0) is 24.3 Å². The minimum Gasteiger partial charge on any atom is -0.323 e. The van der Waals surface area contributed by atoms with E-state index in [9.17, 15) is 4.79 Å². The molecule has 2 rings (SSSR count). The molecule has 14 heavy (non-hydrogen) atoms. The number of carbonyl (C=O) groups is 1. The molecule has 1 amide bonds. The Kier molecular flexibility index (Phi) is 2.02. The summed E-state index contributed by atoms with van der Waals surface area (Å²) in [6, 6.07) is 5.52. The summed E-state index contributed by atoms with van der Waals surface area (Å²) in [7, 11) is 0. The van der Waals surface area contributed by atoms with Crippen LogP contribution in [0.15, 0.2) is 37.1 Å². The van der Waals surface area contributed by atoms with Crippen LogP contribution in [-0.2, 0) is 4.79 Å². The van der Waals surface area contributed by atoms with Crippen LogP contribution in [0.1, 0.15) is 0 Å². The van der Waals surface area contributed by atoms with Gasteiger partial charge in [0.05, 0.1) is 11.7 Å². The molecule has 2 aromatic rings. The molecule has 2 N–H and O–H groups in total. The highest BCUT2D eigenvalue weighted by molar-refractivity contribution is 6.00. The highest BCUT2D eigenvalue weighted by Gasteiger charge is 1.99. The van der Waals surface area contributed by atoms with E-state index in [2.05, 4.69) is 22.1 Å². The van der Waals surface area contributed by atoms with Crippen molar-refractivity contribution < 1.29 is 4.79 Å². The van der Waals surface area contributed by atoms with E-state index in [1.807, 2.05) is 18.2 Å². The number of fused-ring (bicyclic) bond motifs is 1. The van der Waals surface area contributed by atoms with Gasteiger partial charge in [-0.3, -0.25) is 9.89 Å². The molecule has 0 spiro atoms. The molecule has 70 valence electrons. The van der Waals surface area contributed by atoms with Crippen LogP contribution in [0.25, 0.3) is 10.9 Å². The number of amides is 1. The maximum atomic E-state index is 11.0. The summed E-state index contributed by atoms with van der Waals surface area (Å²) in [6.45, 7) is 3.38. The van der Waals surface area contributed by atoms with Crippen molar-refractivity contribution >= 4 is 22.5 Å². The van der Waals surface area contributed by atoms with Gasteiger partial charge in [0.25, 0.3) is 0 Å².